The standard InChI is InChI=1S/C14H20ClNO2/c1-3-8-16(9-10-17)11(2)14(18)12-4-6-13(15)7-5-12/h4-7,11,17H,3,8-10H2,1-2H3. The molecule has 0 aromatic heterocycles. The zero-order chi connectivity index (χ0) is 13.5. The van der Waals surface area contributed by atoms with E-state index in [-0.39, 0.29) is 18.4 Å². The molecule has 3 nitrogen and oxygen atoms in total. The first-order valence-electron chi connectivity index (χ1n) is 6.24. The summed E-state index contributed by atoms with van der Waals surface area (Å²) < 4.78 is 0. The summed E-state index contributed by atoms with van der Waals surface area (Å²) in [6.07, 6.45) is 0.957. The Morgan fingerprint density at radius 2 is 1.94 bits per heavy atom. The Labute approximate surface area is 113 Å². The molecule has 0 bridgehead atoms. The summed E-state index contributed by atoms with van der Waals surface area (Å²) in [4.78, 5) is 14.3. The third-order valence-electron chi connectivity index (χ3n) is 2.95. The smallest absolute Gasteiger partial charge is 0.179 e. The van der Waals surface area contributed by atoms with Gasteiger partial charge in [-0.15, -0.1) is 0 Å². The first kappa shape index (κ1) is 15.2. The molecule has 0 aliphatic carbocycles. The SMILES string of the molecule is CCCN(CCO)C(C)C(=O)c1ccc(Cl)cc1. The highest BCUT2D eigenvalue weighted by Crippen LogP contribution is 2.13. The second kappa shape index (κ2) is 7.52. The van der Waals surface area contributed by atoms with Crippen LogP contribution in [-0.4, -0.2) is 41.5 Å². The van der Waals surface area contributed by atoms with Crippen LogP contribution in [0.25, 0.3) is 0 Å². The van der Waals surface area contributed by atoms with E-state index in [1.165, 1.54) is 0 Å². The van der Waals surface area contributed by atoms with Crippen LogP contribution in [0, 0.1) is 0 Å². The Balaban J connectivity index is 2.77. The van der Waals surface area contributed by atoms with E-state index in [0.29, 0.717) is 17.1 Å². The Morgan fingerprint density at radius 1 is 1.33 bits per heavy atom. The summed E-state index contributed by atoms with van der Waals surface area (Å²) >= 11 is 5.80. The average Bonchev–Trinajstić information content (AvgIpc) is 2.38. The quantitative estimate of drug-likeness (QED) is 0.774. The number of benzene rings is 1. The number of ketones is 1. The van der Waals surface area contributed by atoms with Gasteiger partial charge in [0, 0.05) is 17.1 Å². The summed E-state index contributed by atoms with van der Waals surface area (Å²) in [5, 5.41) is 9.66. The number of aliphatic hydroxyl groups excluding tert-OH is 1. The predicted molar refractivity (Wildman–Crippen MR) is 74.2 cm³/mol. The van der Waals surface area contributed by atoms with E-state index in [1.54, 1.807) is 24.3 Å². The van der Waals surface area contributed by atoms with E-state index in [1.807, 2.05) is 11.8 Å². The largest absolute Gasteiger partial charge is 0.395 e. The molecule has 0 aliphatic rings. The summed E-state index contributed by atoms with van der Waals surface area (Å²) in [5.74, 6) is 0.0635. The van der Waals surface area contributed by atoms with Crippen LogP contribution in [0.1, 0.15) is 30.6 Å². The van der Waals surface area contributed by atoms with Gasteiger partial charge in [0.05, 0.1) is 12.6 Å². The molecule has 4 heteroatoms. The van der Waals surface area contributed by atoms with Crippen molar-refractivity contribution in [1.29, 1.82) is 0 Å². The Kier molecular flexibility index (Phi) is 6.33. The number of nitrogens with zero attached hydrogens (tertiary/aromatic N) is 1. The molecule has 0 heterocycles. The Morgan fingerprint density at radius 3 is 2.44 bits per heavy atom. The molecule has 0 spiro atoms. The van der Waals surface area contributed by atoms with Gasteiger partial charge in [0.25, 0.3) is 0 Å². The van der Waals surface area contributed by atoms with Gasteiger partial charge >= 0.3 is 0 Å². The number of Topliss-reactive ketones (excluding diaryl/α,β-unsaturated/α-hetero) is 1. The molecule has 1 unspecified atom stereocenters. The Hall–Kier alpha value is -0.900. The number of carbonyl (C=O) groups excluding carboxylic acids is 1. The maximum absolute atomic E-state index is 12.3. The molecule has 0 fully saturated rings. The van der Waals surface area contributed by atoms with Crippen LogP contribution in [0.4, 0.5) is 0 Å². The minimum absolute atomic E-state index is 0.0635. The maximum Gasteiger partial charge on any atom is 0.179 e. The van der Waals surface area contributed by atoms with Crippen LogP contribution >= 0.6 is 11.6 Å². The topological polar surface area (TPSA) is 40.5 Å². The molecule has 0 radical (unpaired) electrons. The number of hydrogen-bond donors (Lipinski definition) is 1. The van der Waals surface area contributed by atoms with Crippen LogP contribution in [0.2, 0.25) is 5.02 Å². The van der Waals surface area contributed by atoms with Crippen molar-refractivity contribution in [3.63, 3.8) is 0 Å². The zero-order valence-electron chi connectivity index (χ0n) is 10.9. The lowest BCUT2D eigenvalue weighted by Crippen LogP contribution is -2.41. The van der Waals surface area contributed by atoms with Gasteiger partial charge in [-0.2, -0.15) is 0 Å². The second-order valence-corrected chi connectivity index (χ2v) is 4.74. The van der Waals surface area contributed by atoms with Crippen molar-refractivity contribution in [3.05, 3.63) is 34.9 Å². The van der Waals surface area contributed by atoms with Crippen LogP contribution < -0.4 is 0 Å². The van der Waals surface area contributed by atoms with E-state index in [0.717, 1.165) is 13.0 Å². The third-order valence-corrected chi connectivity index (χ3v) is 3.21. The fourth-order valence-corrected chi connectivity index (χ4v) is 2.06. The number of hydrogen-bond acceptors (Lipinski definition) is 3. The Bertz CT molecular complexity index is 372. The molecule has 1 aromatic rings. The fourth-order valence-electron chi connectivity index (χ4n) is 1.94. The van der Waals surface area contributed by atoms with Gasteiger partial charge in [-0.25, -0.2) is 0 Å². The van der Waals surface area contributed by atoms with Crippen molar-refractivity contribution >= 4 is 17.4 Å². The van der Waals surface area contributed by atoms with Gasteiger partial charge in [-0.3, -0.25) is 9.69 Å². The van der Waals surface area contributed by atoms with E-state index in [9.17, 15) is 4.79 Å². The summed E-state index contributed by atoms with van der Waals surface area (Å²) in [6.45, 7) is 5.33. The molecule has 0 amide bonds. The van der Waals surface area contributed by atoms with E-state index < -0.39 is 0 Å². The number of aliphatic hydroxyl groups is 1. The van der Waals surface area contributed by atoms with Gasteiger partial charge in [0.15, 0.2) is 5.78 Å². The predicted octanol–water partition coefficient (Wildman–Crippen LogP) is 2.62. The molecule has 18 heavy (non-hydrogen) atoms. The van der Waals surface area contributed by atoms with Crippen LogP contribution in [0.3, 0.4) is 0 Å². The highest BCUT2D eigenvalue weighted by atomic mass is 35.5. The lowest BCUT2D eigenvalue weighted by molar-refractivity contribution is 0.0808. The molecular formula is C14H20ClNO2. The van der Waals surface area contributed by atoms with Crippen molar-refractivity contribution in [3.8, 4) is 0 Å². The van der Waals surface area contributed by atoms with Crippen LogP contribution in [0.5, 0.6) is 0 Å². The zero-order valence-corrected chi connectivity index (χ0v) is 11.7. The molecule has 1 aromatic carbocycles. The molecule has 1 atom stereocenters. The monoisotopic (exact) mass is 269 g/mol. The van der Waals surface area contributed by atoms with Gasteiger partial charge in [0.1, 0.15) is 0 Å². The van der Waals surface area contributed by atoms with Crippen molar-refractivity contribution in [1.82, 2.24) is 4.90 Å². The number of carbonyl (C=O) groups is 1. The van der Waals surface area contributed by atoms with Crippen LogP contribution in [-0.2, 0) is 0 Å². The molecule has 0 saturated heterocycles. The second-order valence-electron chi connectivity index (χ2n) is 4.31. The minimum Gasteiger partial charge on any atom is -0.395 e. The molecular weight excluding hydrogens is 250 g/mol. The molecule has 0 aliphatic heterocycles. The van der Waals surface area contributed by atoms with Gasteiger partial charge in [-0.05, 0) is 44.2 Å². The number of halogens is 1. The molecule has 100 valence electrons. The van der Waals surface area contributed by atoms with Gasteiger partial charge in [-0.1, -0.05) is 18.5 Å². The van der Waals surface area contributed by atoms with E-state index >= 15 is 0 Å². The highest BCUT2D eigenvalue weighted by Gasteiger charge is 2.21. The first-order chi connectivity index (χ1) is 8.60. The van der Waals surface area contributed by atoms with Gasteiger partial charge in [0.2, 0.25) is 0 Å². The van der Waals surface area contributed by atoms with Crippen molar-refractivity contribution < 1.29 is 9.90 Å². The van der Waals surface area contributed by atoms with E-state index in [4.69, 9.17) is 16.7 Å². The number of rotatable bonds is 7. The lowest BCUT2D eigenvalue weighted by atomic mass is 10.0. The molecule has 0 saturated carbocycles. The van der Waals surface area contributed by atoms with E-state index in [2.05, 4.69) is 6.92 Å². The van der Waals surface area contributed by atoms with Crippen molar-refractivity contribution in [2.24, 2.45) is 0 Å². The van der Waals surface area contributed by atoms with Crippen LogP contribution in [0.15, 0.2) is 24.3 Å². The minimum atomic E-state index is -0.224. The van der Waals surface area contributed by atoms with Crippen molar-refractivity contribution in [2.75, 3.05) is 19.7 Å². The van der Waals surface area contributed by atoms with Gasteiger partial charge < -0.3 is 5.11 Å². The maximum atomic E-state index is 12.3. The average molecular weight is 270 g/mol. The first-order valence-corrected chi connectivity index (χ1v) is 6.62. The normalized spacial score (nSPS) is 12.7. The summed E-state index contributed by atoms with van der Waals surface area (Å²) in [7, 11) is 0. The summed E-state index contributed by atoms with van der Waals surface area (Å²) in [5.41, 5.74) is 0.658. The molecule has 1 rings (SSSR count). The lowest BCUT2D eigenvalue weighted by Gasteiger charge is -2.26. The third kappa shape index (κ3) is 4.09. The fraction of sp³-hybridized carbons (Fsp3) is 0.500. The van der Waals surface area contributed by atoms with Crippen molar-refractivity contribution in [2.45, 2.75) is 26.3 Å². The molecule has 1 N–H and O–H groups in total. The highest BCUT2D eigenvalue weighted by molar-refractivity contribution is 6.30. The summed E-state index contributed by atoms with van der Waals surface area (Å²) in [6, 6.07) is 6.70.